The normalized spacial score (nSPS) is 18.8. The lowest BCUT2D eigenvalue weighted by molar-refractivity contribution is -0.189. The Morgan fingerprint density at radius 1 is 0.957 bits per heavy atom. The number of hydrogen-bond donors (Lipinski definition) is 1. The Balaban J connectivity index is 1.48. The molecule has 1 amide bonds. The van der Waals surface area contributed by atoms with E-state index in [9.17, 15) is 26.4 Å². The monoisotopic (exact) mass is 650 g/mol. The van der Waals surface area contributed by atoms with Gasteiger partial charge in [0.15, 0.2) is 0 Å². The molecule has 1 atom stereocenters. The molecule has 4 bridgehead atoms. The number of carbonyl (C=O) groups excluding carboxylic acids is 1. The molecule has 0 radical (unpaired) electrons. The van der Waals surface area contributed by atoms with Crippen molar-refractivity contribution in [2.75, 3.05) is 11.3 Å². The van der Waals surface area contributed by atoms with E-state index in [0.717, 1.165) is 22.3 Å². The van der Waals surface area contributed by atoms with E-state index in [1.165, 1.54) is 29.2 Å². The molecule has 0 saturated heterocycles. The van der Waals surface area contributed by atoms with Crippen molar-refractivity contribution in [2.24, 2.45) is 5.41 Å². The topological polar surface area (TPSA) is 101 Å². The van der Waals surface area contributed by atoms with Gasteiger partial charge in [-0.1, -0.05) is 54.6 Å². The molecule has 2 aliphatic rings. The Labute approximate surface area is 265 Å². The van der Waals surface area contributed by atoms with Gasteiger partial charge in [0.1, 0.15) is 6.61 Å². The van der Waals surface area contributed by atoms with Gasteiger partial charge in [-0.2, -0.15) is 18.2 Å². The first kappa shape index (κ1) is 31.5. The summed E-state index contributed by atoms with van der Waals surface area (Å²) in [6.45, 7) is 3.70. The van der Waals surface area contributed by atoms with Gasteiger partial charge in [0.05, 0.1) is 22.0 Å². The molecular weight excluding hydrogens is 617 g/mol. The van der Waals surface area contributed by atoms with E-state index < -0.39 is 33.6 Å². The van der Waals surface area contributed by atoms with E-state index in [2.05, 4.69) is 14.7 Å². The van der Waals surface area contributed by atoms with Gasteiger partial charge in [0.2, 0.25) is 11.8 Å². The lowest BCUT2D eigenvalue weighted by atomic mass is 9.95. The first-order chi connectivity index (χ1) is 21.8. The van der Waals surface area contributed by atoms with E-state index >= 15 is 0 Å². The van der Waals surface area contributed by atoms with Crippen LogP contribution >= 0.6 is 0 Å². The van der Waals surface area contributed by atoms with Crippen molar-refractivity contribution in [2.45, 2.75) is 63.2 Å². The van der Waals surface area contributed by atoms with Crippen molar-refractivity contribution in [1.82, 2.24) is 14.9 Å². The number of fused-ring (bicyclic) bond motifs is 4. The first-order valence-electron chi connectivity index (χ1n) is 15.0. The van der Waals surface area contributed by atoms with Gasteiger partial charge in [-0.05, 0) is 74.4 Å². The number of aromatic nitrogens is 2. The fourth-order valence-corrected chi connectivity index (χ4v) is 6.95. The molecule has 1 aliphatic carbocycles. The third-order valence-corrected chi connectivity index (χ3v) is 10.1. The summed E-state index contributed by atoms with van der Waals surface area (Å²) in [4.78, 5) is 24.3. The SMILES string of the molecule is Cc1cccc(C)c1-c1cc2nc(n1)NS(=O)(=O)c1cccc(c1)C(=O)N(Cc1ccccc1)C(CCC1(C(F)(F)F)CC1)CO2. The molecule has 8 nitrogen and oxygen atoms in total. The van der Waals surface area contributed by atoms with Crippen molar-refractivity contribution in [3.63, 3.8) is 0 Å². The maximum atomic E-state index is 14.2. The molecule has 1 N–H and O–H groups in total. The molecular formula is C34H33F3N4O4S. The number of halogens is 3. The number of rotatable bonds is 6. The van der Waals surface area contributed by atoms with Crippen LogP contribution in [0.3, 0.4) is 0 Å². The van der Waals surface area contributed by atoms with E-state index in [0.29, 0.717) is 5.69 Å². The van der Waals surface area contributed by atoms with Gasteiger partial charge in [-0.25, -0.2) is 18.1 Å². The number of nitrogens with zero attached hydrogens (tertiary/aromatic N) is 3. The number of carbonyl (C=O) groups is 1. The molecule has 1 unspecified atom stereocenters. The summed E-state index contributed by atoms with van der Waals surface area (Å²) in [7, 11) is -4.26. The van der Waals surface area contributed by atoms with Crippen LogP contribution in [0.5, 0.6) is 5.88 Å². The molecule has 240 valence electrons. The quantitative estimate of drug-likeness (QED) is 0.239. The lowest BCUT2D eigenvalue weighted by Crippen LogP contribution is -2.44. The second-order valence-electron chi connectivity index (χ2n) is 12.0. The minimum atomic E-state index is -4.36. The number of sulfonamides is 1. The van der Waals surface area contributed by atoms with E-state index in [1.54, 1.807) is 6.07 Å². The smallest absolute Gasteiger partial charge is 0.394 e. The molecule has 1 saturated carbocycles. The standard InChI is InChI=1S/C34H33F3N4O4S/c1-22-8-6-9-23(2)30(22)28-19-29-39-32(38-28)40-46(43,44)27-13-7-12-25(18-27)31(42)41(20-24-10-4-3-5-11-24)26(21-45-29)14-15-33(16-17-33)34(35,36)37/h3-13,18-19,26H,14-17,20-21H2,1-2H3,(H,38,39,40). The Kier molecular flexibility index (Phi) is 8.26. The van der Waals surface area contributed by atoms with Gasteiger partial charge in [0.25, 0.3) is 15.9 Å². The molecule has 1 aliphatic heterocycles. The molecule has 3 aromatic carbocycles. The number of ether oxygens (including phenoxy) is 1. The lowest BCUT2D eigenvalue weighted by Gasteiger charge is -2.33. The average Bonchev–Trinajstić information content (AvgIpc) is 3.81. The summed E-state index contributed by atoms with van der Waals surface area (Å²) in [5.41, 5.74) is 2.00. The molecule has 46 heavy (non-hydrogen) atoms. The Hall–Kier alpha value is -4.45. The molecule has 0 spiro atoms. The zero-order valence-corrected chi connectivity index (χ0v) is 26.2. The van der Waals surface area contributed by atoms with Crippen molar-refractivity contribution in [3.8, 4) is 17.1 Å². The van der Waals surface area contributed by atoms with E-state index in [4.69, 9.17) is 4.74 Å². The Morgan fingerprint density at radius 2 is 1.65 bits per heavy atom. The summed E-state index contributed by atoms with van der Waals surface area (Å²) in [5, 5.41) is 0. The van der Waals surface area contributed by atoms with Gasteiger partial charge in [-0.15, -0.1) is 0 Å². The second kappa shape index (κ2) is 12.1. The van der Waals surface area contributed by atoms with Gasteiger partial charge in [-0.3, -0.25) is 4.79 Å². The number of amides is 1. The average molecular weight is 651 g/mol. The molecule has 1 fully saturated rings. The summed E-state index contributed by atoms with van der Waals surface area (Å²) in [5.74, 6) is -0.747. The predicted octanol–water partition coefficient (Wildman–Crippen LogP) is 7.09. The number of alkyl halides is 3. The predicted molar refractivity (Wildman–Crippen MR) is 167 cm³/mol. The summed E-state index contributed by atoms with van der Waals surface area (Å²) < 4.78 is 77.7. The van der Waals surface area contributed by atoms with Crippen molar-refractivity contribution >= 4 is 21.9 Å². The molecule has 2 heterocycles. The van der Waals surface area contributed by atoms with Crippen LogP contribution in [-0.4, -0.2) is 48.0 Å². The van der Waals surface area contributed by atoms with Gasteiger partial charge >= 0.3 is 6.18 Å². The highest BCUT2D eigenvalue weighted by atomic mass is 32.2. The van der Waals surface area contributed by atoms with Crippen LogP contribution in [0.4, 0.5) is 19.1 Å². The zero-order valence-electron chi connectivity index (χ0n) is 25.3. The van der Waals surface area contributed by atoms with Gasteiger partial charge in [0, 0.05) is 23.7 Å². The molecule has 12 heteroatoms. The minimum absolute atomic E-state index is 0.00994. The fraction of sp³-hybridized carbons (Fsp3) is 0.324. The zero-order chi connectivity index (χ0) is 32.7. The van der Waals surface area contributed by atoms with E-state index in [1.807, 2.05) is 62.4 Å². The number of benzene rings is 3. The summed E-state index contributed by atoms with van der Waals surface area (Å²) in [6.07, 6.45) is -4.45. The summed E-state index contributed by atoms with van der Waals surface area (Å²) in [6, 6.07) is 21.1. The number of anilines is 1. The first-order valence-corrected chi connectivity index (χ1v) is 16.5. The number of aryl methyl sites for hydroxylation is 2. The highest BCUT2D eigenvalue weighted by Crippen LogP contribution is 2.60. The van der Waals surface area contributed by atoms with Crippen LogP contribution in [-0.2, 0) is 16.6 Å². The highest BCUT2D eigenvalue weighted by molar-refractivity contribution is 7.92. The van der Waals surface area contributed by atoms with Crippen molar-refractivity contribution in [1.29, 1.82) is 0 Å². The van der Waals surface area contributed by atoms with Crippen molar-refractivity contribution in [3.05, 3.63) is 101 Å². The Bertz CT molecular complexity index is 1860. The van der Waals surface area contributed by atoms with Crippen LogP contribution in [0.2, 0.25) is 0 Å². The fourth-order valence-electron chi connectivity index (χ4n) is 5.96. The molecule has 4 aromatic rings. The van der Waals surface area contributed by atoms with Crippen LogP contribution < -0.4 is 9.46 Å². The minimum Gasteiger partial charge on any atom is -0.475 e. The highest BCUT2D eigenvalue weighted by Gasteiger charge is 2.62. The van der Waals surface area contributed by atoms with Crippen LogP contribution in [0.1, 0.15) is 52.7 Å². The van der Waals surface area contributed by atoms with Crippen molar-refractivity contribution < 1.29 is 31.1 Å². The number of hydrogen-bond acceptors (Lipinski definition) is 6. The molecule has 6 rings (SSSR count). The van der Waals surface area contributed by atoms with Crippen LogP contribution in [0, 0.1) is 19.3 Å². The van der Waals surface area contributed by atoms with Crippen LogP contribution in [0.25, 0.3) is 11.3 Å². The van der Waals surface area contributed by atoms with Crippen LogP contribution in [0.15, 0.2) is 83.8 Å². The summed E-state index contributed by atoms with van der Waals surface area (Å²) >= 11 is 0. The molecule has 1 aromatic heterocycles. The van der Waals surface area contributed by atoms with Gasteiger partial charge < -0.3 is 9.64 Å². The third-order valence-electron chi connectivity index (χ3n) is 8.79. The number of nitrogens with one attached hydrogen (secondary N) is 1. The second-order valence-corrected chi connectivity index (χ2v) is 13.7. The van der Waals surface area contributed by atoms with E-state index in [-0.39, 0.29) is 61.1 Å². The third kappa shape index (κ3) is 6.44. The Morgan fingerprint density at radius 3 is 2.33 bits per heavy atom. The maximum Gasteiger partial charge on any atom is 0.394 e. The maximum absolute atomic E-state index is 14.2. The largest absolute Gasteiger partial charge is 0.475 e.